The molecule has 0 radical (unpaired) electrons. The van der Waals surface area contributed by atoms with E-state index in [0.29, 0.717) is 5.82 Å². The number of aryl methyl sites for hydroxylation is 1. The van der Waals surface area contributed by atoms with E-state index in [1.807, 2.05) is 0 Å². The van der Waals surface area contributed by atoms with Crippen molar-refractivity contribution in [2.45, 2.75) is 37.5 Å². The molecular formula is C15H17F2N3O3S. The lowest BCUT2D eigenvalue weighted by Gasteiger charge is -2.16. The van der Waals surface area contributed by atoms with E-state index in [4.69, 9.17) is 0 Å². The largest absolute Gasteiger partial charge is 0.429 e. The summed E-state index contributed by atoms with van der Waals surface area (Å²) in [6, 6.07) is 6.18. The fraction of sp³-hybridized carbons (Fsp3) is 0.333. The molecule has 2 aromatic rings. The maximum atomic E-state index is 12.5. The van der Waals surface area contributed by atoms with Crippen molar-refractivity contribution in [3.63, 3.8) is 0 Å². The molecule has 0 aliphatic rings. The predicted molar refractivity (Wildman–Crippen MR) is 85.4 cm³/mol. The van der Waals surface area contributed by atoms with Crippen molar-refractivity contribution in [3.8, 4) is 5.75 Å². The van der Waals surface area contributed by atoms with E-state index >= 15 is 0 Å². The fourth-order valence-corrected chi connectivity index (χ4v) is 3.13. The van der Waals surface area contributed by atoms with E-state index < -0.39 is 21.7 Å². The molecule has 1 N–H and O–H groups in total. The van der Waals surface area contributed by atoms with Crippen LogP contribution < -0.4 is 10.1 Å². The van der Waals surface area contributed by atoms with Crippen molar-refractivity contribution in [1.82, 2.24) is 9.97 Å². The first-order valence-corrected chi connectivity index (χ1v) is 8.65. The van der Waals surface area contributed by atoms with Gasteiger partial charge in [0.15, 0.2) is 21.4 Å². The van der Waals surface area contributed by atoms with Gasteiger partial charge in [-0.15, -0.1) is 0 Å². The molecule has 0 bridgehead atoms. The molecular weight excluding hydrogens is 340 g/mol. The second-order valence-electron chi connectivity index (χ2n) is 5.22. The van der Waals surface area contributed by atoms with Gasteiger partial charge in [0, 0.05) is 0 Å². The Labute approximate surface area is 138 Å². The zero-order valence-electron chi connectivity index (χ0n) is 13.3. The van der Waals surface area contributed by atoms with Gasteiger partial charge in [0.25, 0.3) is 0 Å². The number of alkyl halides is 2. The van der Waals surface area contributed by atoms with Gasteiger partial charge in [-0.1, -0.05) is 12.1 Å². The quantitative estimate of drug-likeness (QED) is 0.854. The van der Waals surface area contributed by atoms with Crippen molar-refractivity contribution in [3.05, 3.63) is 36.3 Å². The molecule has 0 saturated heterocycles. The summed E-state index contributed by atoms with van der Waals surface area (Å²) in [5.74, 6) is 0.0184. The SMILES string of the molecule is Cc1ncc(OC(F)F)c(Nc2ccccc2S(=O)(=O)C(C)C)n1. The number of aromatic nitrogens is 2. The first kappa shape index (κ1) is 18.1. The Hall–Kier alpha value is -2.29. The van der Waals surface area contributed by atoms with Crippen LogP contribution in [-0.4, -0.2) is 30.2 Å². The zero-order chi connectivity index (χ0) is 17.9. The average molecular weight is 357 g/mol. The molecule has 0 saturated carbocycles. The van der Waals surface area contributed by atoms with Gasteiger partial charge in [0.1, 0.15) is 5.82 Å². The van der Waals surface area contributed by atoms with E-state index in [0.717, 1.165) is 6.20 Å². The van der Waals surface area contributed by atoms with Crippen LogP contribution in [0.1, 0.15) is 19.7 Å². The Morgan fingerprint density at radius 1 is 1.21 bits per heavy atom. The Morgan fingerprint density at radius 3 is 2.50 bits per heavy atom. The van der Waals surface area contributed by atoms with Gasteiger partial charge < -0.3 is 10.1 Å². The highest BCUT2D eigenvalue weighted by Gasteiger charge is 2.23. The van der Waals surface area contributed by atoms with Gasteiger partial charge in [0.2, 0.25) is 0 Å². The number of nitrogens with one attached hydrogen (secondary N) is 1. The molecule has 6 nitrogen and oxygen atoms in total. The Bertz CT molecular complexity index is 826. The van der Waals surface area contributed by atoms with E-state index in [1.54, 1.807) is 32.9 Å². The number of benzene rings is 1. The molecule has 1 heterocycles. The van der Waals surface area contributed by atoms with Crippen molar-refractivity contribution >= 4 is 21.3 Å². The van der Waals surface area contributed by atoms with Gasteiger partial charge in [-0.25, -0.2) is 18.4 Å². The van der Waals surface area contributed by atoms with Crippen molar-refractivity contribution in [2.75, 3.05) is 5.32 Å². The molecule has 9 heteroatoms. The van der Waals surface area contributed by atoms with Gasteiger partial charge in [-0.2, -0.15) is 8.78 Å². The number of hydrogen-bond donors (Lipinski definition) is 1. The molecule has 0 spiro atoms. The third-order valence-corrected chi connectivity index (χ3v) is 5.37. The maximum Gasteiger partial charge on any atom is 0.387 e. The first-order chi connectivity index (χ1) is 11.2. The van der Waals surface area contributed by atoms with Gasteiger partial charge in [0.05, 0.1) is 22.0 Å². The lowest BCUT2D eigenvalue weighted by molar-refractivity contribution is -0.0498. The lowest BCUT2D eigenvalue weighted by atomic mass is 10.3. The number of halogens is 2. The minimum Gasteiger partial charge on any atom is -0.429 e. The molecule has 2 rings (SSSR count). The van der Waals surface area contributed by atoms with Crippen molar-refractivity contribution in [2.24, 2.45) is 0 Å². The molecule has 130 valence electrons. The van der Waals surface area contributed by atoms with E-state index in [-0.39, 0.29) is 22.2 Å². The average Bonchev–Trinajstić information content (AvgIpc) is 2.50. The molecule has 0 aliphatic heterocycles. The monoisotopic (exact) mass is 357 g/mol. The van der Waals surface area contributed by atoms with E-state index in [1.165, 1.54) is 12.1 Å². The molecule has 0 atom stereocenters. The summed E-state index contributed by atoms with van der Waals surface area (Å²) in [6.45, 7) is 1.65. The highest BCUT2D eigenvalue weighted by molar-refractivity contribution is 7.92. The van der Waals surface area contributed by atoms with Gasteiger partial charge in [-0.05, 0) is 32.9 Å². The molecule has 1 aromatic carbocycles. The summed E-state index contributed by atoms with van der Waals surface area (Å²) in [5.41, 5.74) is 0.225. The molecule has 0 amide bonds. The number of anilines is 2. The maximum absolute atomic E-state index is 12.5. The Balaban J connectivity index is 2.48. The number of rotatable bonds is 6. The van der Waals surface area contributed by atoms with Gasteiger partial charge >= 0.3 is 6.61 Å². The highest BCUT2D eigenvalue weighted by atomic mass is 32.2. The summed E-state index contributed by atoms with van der Waals surface area (Å²) in [6.07, 6.45) is 1.11. The fourth-order valence-electron chi connectivity index (χ4n) is 1.93. The normalized spacial score (nSPS) is 11.8. The molecule has 24 heavy (non-hydrogen) atoms. The van der Waals surface area contributed by atoms with Crippen LogP contribution in [0.4, 0.5) is 20.3 Å². The molecule has 1 aromatic heterocycles. The highest BCUT2D eigenvalue weighted by Crippen LogP contribution is 2.31. The van der Waals surface area contributed by atoms with Crippen LogP contribution in [0, 0.1) is 6.92 Å². The van der Waals surface area contributed by atoms with Crippen LogP contribution in [0.25, 0.3) is 0 Å². The third-order valence-electron chi connectivity index (χ3n) is 3.16. The van der Waals surface area contributed by atoms with Crippen LogP contribution in [0.3, 0.4) is 0 Å². The number of nitrogens with zero attached hydrogens (tertiary/aromatic N) is 2. The minimum atomic E-state index is -3.57. The van der Waals surface area contributed by atoms with E-state index in [2.05, 4.69) is 20.0 Å². The smallest absolute Gasteiger partial charge is 0.387 e. The van der Waals surface area contributed by atoms with Gasteiger partial charge in [-0.3, -0.25) is 0 Å². The second-order valence-corrected chi connectivity index (χ2v) is 7.70. The zero-order valence-corrected chi connectivity index (χ0v) is 14.1. The summed E-state index contributed by atoms with van der Waals surface area (Å²) in [5, 5.41) is 2.12. The number of hydrogen-bond acceptors (Lipinski definition) is 6. The second kappa shape index (κ2) is 7.08. The topological polar surface area (TPSA) is 81.2 Å². The summed E-state index contributed by atoms with van der Waals surface area (Å²) < 4.78 is 54.3. The molecule has 0 aliphatic carbocycles. The van der Waals surface area contributed by atoms with Crippen LogP contribution in [0.5, 0.6) is 5.75 Å². The van der Waals surface area contributed by atoms with Crippen LogP contribution >= 0.6 is 0 Å². The standard InChI is InChI=1S/C15H17F2N3O3S/c1-9(2)24(21,22)13-7-5-4-6-11(13)20-14-12(23-15(16)17)8-18-10(3)19-14/h4-9,15H,1-3H3,(H,18,19,20). The van der Waals surface area contributed by atoms with Crippen molar-refractivity contribution in [1.29, 1.82) is 0 Å². The predicted octanol–water partition coefficient (Wildman–Crippen LogP) is 3.31. The summed E-state index contributed by atoms with van der Waals surface area (Å²) >= 11 is 0. The summed E-state index contributed by atoms with van der Waals surface area (Å²) in [4.78, 5) is 7.88. The first-order valence-electron chi connectivity index (χ1n) is 7.10. The number of para-hydroxylation sites is 1. The molecule has 0 unspecified atom stereocenters. The van der Waals surface area contributed by atoms with Crippen LogP contribution in [-0.2, 0) is 9.84 Å². The lowest BCUT2D eigenvalue weighted by Crippen LogP contribution is -2.16. The van der Waals surface area contributed by atoms with Crippen LogP contribution in [0.15, 0.2) is 35.4 Å². The Kier molecular flexibility index (Phi) is 5.33. The Morgan fingerprint density at radius 2 is 1.88 bits per heavy atom. The number of sulfone groups is 1. The molecule has 0 fully saturated rings. The van der Waals surface area contributed by atoms with Crippen molar-refractivity contribution < 1.29 is 21.9 Å². The summed E-state index contributed by atoms with van der Waals surface area (Å²) in [7, 11) is -3.57. The minimum absolute atomic E-state index is 0.0331. The van der Waals surface area contributed by atoms with Crippen LogP contribution in [0.2, 0.25) is 0 Å². The number of ether oxygens (including phenoxy) is 1. The third kappa shape index (κ3) is 3.97. The van der Waals surface area contributed by atoms with E-state index in [9.17, 15) is 17.2 Å².